The third-order valence-corrected chi connectivity index (χ3v) is 4.89. The summed E-state index contributed by atoms with van der Waals surface area (Å²) in [6.07, 6.45) is 2.46. The van der Waals surface area contributed by atoms with Gasteiger partial charge in [0.1, 0.15) is 6.10 Å². The van der Waals surface area contributed by atoms with Gasteiger partial charge in [0, 0.05) is 5.57 Å². The standard InChI is InChI=1S/C14H22O2/c1-8(2)13(15)16-12-7-10-6-11(9(12)3)14(10,4)5/h9-12H,1,6-7H2,2-5H3/t9-,10+,11-,12-/m1/s1. The first-order valence-corrected chi connectivity index (χ1v) is 6.20. The predicted molar refractivity (Wildman–Crippen MR) is 63.9 cm³/mol. The zero-order valence-corrected chi connectivity index (χ0v) is 10.7. The summed E-state index contributed by atoms with van der Waals surface area (Å²) in [6.45, 7) is 12.3. The molecule has 2 heteroatoms. The molecule has 2 nitrogen and oxygen atoms in total. The van der Waals surface area contributed by atoms with Crippen LogP contribution < -0.4 is 0 Å². The lowest BCUT2D eigenvalue weighted by Crippen LogP contribution is -2.57. The Balaban J connectivity index is 2.01. The zero-order chi connectivity index (χ0) is 12.1. The molecule has 0 N–H and O–H groups in total. The van der Waals surface area contributed by atoms with Gasteiger partial charge < -0.3 is 4.74 Å². The van der Waals surface area contributed by atoms with Crippen molar-refractivity contribution >= 4 is 5.97 Å². The molecule has 0 unspecified atom stereocenters. The Bertz CT molecular complexity index is 330. The Morgan fingerprint density at radius 2 is 2.00 bits per heavy atom. The maximum atomic E-state index is 11.5. The Labute approximate surface area is 98.1 Å². The second kappa shape index (κ2) is 3.61. The lowest BCUT2D eigenvalue weighted by Gasteiger charge is -2.61. The summed E-state index contributed by atoms with van der Waals surface area (Å²) in [5, 5.41) is 0. The van der Waals surface area contributed by atoms with E-state index < -0.39 is 0 Å². The summed E-state index contributed by atoms with van der Waals surface area (Å²) < 4.78 is 5.52. The van der Waals surface area contributed by atoms with Gasteiger partial charge in [0.25, 0.3) is 0 Å². The smallest absolute Gasteiger partial charge is 0.333 e. The molecule has 3 fully saturated rings. The van der Waals surface area contributed by atoms with E-state index in [1.807, 2.05) is 0 Å². The predicted octanol–water partition coefficient (Wildman–Crippen LogP) is 3.18. The van der Waals surface area contributed by atoms with Crippen LogP contribution in [0.25, 0.3) is 0 Å². The van der Waals surface area contributed by atoms with E-state index in [1.165, 1.54) is 6.42 Å². The fraction of sp³-hybridized carbons (Fsp3) is 0.786. The molecule has 90 valence electrons. The number of fused-ring (bicyclic) bond motifs is 2. The molecule has 0 spiro atoms. The van der Waals surface area contributed by atoms with Crippen molar-refractivity contribution in [2.24, 2.45) is 23.2 Å². The molecule has 3 aliphatic carbocycles. The fourth-order valence-electron chi connectivity index (χ4n) is 3.50. The van der Waals surface area contributed by atoms with Crippen LogP contribution in [0, 0.1) is 23.2 Å². The molecule has 0 aromatic carbocycles. The van der Waals surface area contributed by atoms with Crippen LogP contribution in [0.1, 0.15) is 40.5 Å². The van der Waals surface area contributed by atoms with Crippen LogP contribution in [0.2, 0.25) is 0 Å². The van der Waals surface area contributed by atoms with Gasteiger partial charge >= 0.3 is 5.97 Å². The highest BCUT2D eigenvalue weighted by atomic mass is 16.5. The van der Waals surface area contributed by atoms with E-state index in [0.29, 0.717) is 22.8 Å². The summed E-state index contributed by atoms with van der Waals surface area (Å²) in [4.78, 5) is 11.5. The van der Waals surface area contributed by atoms with Crippen LogP contribution in [0.5, 0.6) is 0 Å². The van der Waals surface area contributed by atoms with E-state index in [0.717, 1.165) is 12.3 Å². The lowest BCUT2D eigenvalue weighted by atomic mass is 9.45. The van der Waals surface area contributed by atoms with Crippen molar-refractivity contribution in [2.75, 3.05) is 0 Å². The second-order valence-corrected chi connectivity index (χ2v) is 6.18. The molecule has 3 aliphatic rings. The Hall–Kier alpha value is -0.790. The maximum absolute atomic E-state index is 11.5. The molecule has 0 aromatic heterocycles. The van der Waals surface area contributed by atoms with E-state index in [4.69, 9.17) is 4.74 Å². The van der Waals surface area contributed by atoms with Crippen molar-refractivity contribution in [1.82, 2.24) is 0 Å². The maximum Gasteiger partial charge on any atom is 0.333 e. The summed E-state index contributed by atoms with van der Waals surface area (Å²) in [5.41, 5.74) is 0.955. The van der Waals surface area contributed by atoms with Gasteiger partial charge in [-0.3, -0.25) is 0 Å². The molecular weight excluding hydrogens is 200 g/mol. The monoisotopic (exact) mass is 222 g/mol. The van der Waals surface area contributed by atoms with Crippen LogP contribution in [0.3, 0.4) is 0 Å². The van der Waals surface area contributed by atoms with Crippen molar-refractivity contribution in [1.29, 1.82) is 0 Å². The summed E-state index contributed by atoms with van der Waals surface area (Å²) in [7, 11) is 0. The first kappa shape index (κ1) is 11.7. The number of carbonyl (C=O) groups excluding carboxylic acids is 1. The molecule has 0 amide bonds. The van der Waals surface area contributed by atoms with Gasteiger partial charge in [-0.05, 0) is 42.9 Å². The number of esters is 1. The molecule has 0 heterocycles. The van der Waals surface area contributed by atoms with Crippen molar-refractivity contribution in [3.05, 3.63) is 12.2 Å². The number of ether oxygens (including phenoxy) is 1. The summed E-state index contributed by atoms with van der Waals surface area (Å²) in [5.74, 6) is 1.71. The second-order valence-electron chi connectivity index (χ2n) is 6.18. The van der Waals surface area contributed by atoms with Crippen molar-refractivity contribution in [2.45, 2.75) is 46.6 Å². The fourth-order valence-corrected chi connectivity index (χ4v) is 3.50. The molecule has 3 rings (SSSR count). The van der Waals surface area contributed by atoms with Crippen LogP contribution in [-0.4, -0.2) is 12.1 Å². The van der Waals surface area contributed by atoms with Gasteiger partial charge in [-0.25, -0.2) is 4.79 Å². The largest absolute Gasteiger partial charge is 0.459 e. The zero-order valence-electron chi connectivity index (χ0n) is 10.7. The summed E-state index contributed by atoms with van der Waals surface area (Å²) in [6, 6.07) is 0. The quantitative estimate of drug-likeness (QED) is 0.530. The molecule has 16 heavy (non-hydrogen) atoms. The van der Waals surface area contributed by atoms with E-state index in [9.17, 15) is 4.79 Å². The molecule has 2 bridgehead atoms. The van der Waals surface area contributed by atoms with Gasteiger partial charge in [0.2, 0.25) is 0 Å². The first-order chi connectivity index (χ1) is 7.34. The minimum Gasteiger partial charge on any atom is -0.459 e. The molecule has 3 saturated carbocycles. The lowest BCUT2D eigenvalue weighted by molar-refractivity contribution is -0.182. The minimum atomic E-state index is -0.226. The van der Waals surface area contributed by atoms with E-state index in [1.54, 1.807) is 6.92 Å². The average molecular weight is 222 g/mol. The third kappa shape index (κ3) is 1.59. The van der Waals surface area contributed by atoms with Gasteiger partial charge in [0.05, 0.1) is 0 Å². The van der Waals surface area contributed by atoms with Crippen LogP contribution in [0.15, 0.2) is 12.2 Å². The molecule has 4 atom stereocenters. The number of rotatable bonds is 2. The number of hydrogen-bond acceptors (Lipinski definition) is 2. The third-order valence-electron chi connectivity index (χ3n) is 4.89. The average Bonchev–Trinajstić information content (AvgIpc) is 2.19. The van der Waals surface area contributed by atoms with E-state index in [-0.39, 0.29) is 12.1 Å². The highest BCUT2D eigenvalue weighted by Gasteiger charge is 2.57. The summed E-state index contributed by atoms with van der Waals surface area (Å²) >= 11 is 0. The minimum absolute atomic E-state index is 0.112. The van der Waals surface area contributed by atoms with Crippen molar-refractivity contribution in [3.63, 3.8) is 0 Å². The highest BCUT2D eigenvalue weighted by molar-refractivity contribution is 5.87. The number of carbonyl (C=O) groups is 1. The molecular formula is C14H22O2. The van der Waals surface area contributed by atoms with Crippen molar-refractivity contribution < 1.29 is 9.53 Å². The van der Waals surface area contributed by atoms with Gasteiger partial charge in [-0.1, -0.05) is 27.4 Å². The SMILES string of the molecule is C=C(C)C(=O)O[C@@H]1C[C@@H]2C[C@H]([C@H]1C)C2(C)C. The highest BCUT2D eigenvalue weighted by Crippen LogP contribution is 2.61. The van der Waals surface area contributed by atoms with Crippen LogP contribution >= 0.6 is 0 Å². The molecule has 0 aliphatic heterocycles. The van der Waals surface area contributed by atoms with Crippen LogP contribution in [0.4, 0.5) is 0 Å². The Morgan fingerprint density at radius 3 is 2.44 bits per heavy atom. The Morgan fingerprint density at radius 1 is 1.38 bits per heavy atom. The van der Waals surface area contributed by atoms with Crippen molar-refractivity contribution in [3.8, 4) is 0 Å². The number of hydrogen-bond donors (Lipinski definition) is 0. The van der Waals surface area contributed by atoms with E-state index in [2.05, 4.69) is 27.4 Å². The Kier molecular flexibility index (Phi) is 2.64. The van der Waals surface area contributed by atoms with Gasteiger partial charge in [-0.15, -0.1) is 0 Å². The molecule has 0 aromatic rings. The van der Waals surface area contributed by atoms with Gasteiger partial charge in [-0.2, -0.15) is 0 Å². The topological polar surface area (TPSA) is 26.3 Å². The van der Waals surface area contributed by atoms with Crippen LogP contribution in [-0.2, 0) is 9.53 Å². The molecule has 0 radical (unpaired) electrons. The first-order valence-electron chi connectivity index (χ1n) is 6.20. The normalized spacial score (nSPS) is 39.8. The van der Waals surface area contributed by atoms with E-state index >= 15 is 0 Å². The molecule has 0 saturated heterocycles. The van der Waals surface area contributed by atoms with Gasteiger partial charge in [0.15, 0.2) is 0 Å².